The van der Waals surface area contributed by atoms with Crippen molar-refractivity contribution in [3.05, 3.63) is 58.7 Å². The SMILES string of the molecule is Cc1ccc(CN2CCCC23CCN(C(=O)OC(C)(C)C)CC3)c(N2CCS(=O)(=O)CC2)c1.Cc1ccc(CN2CCCC23CCN(C(=O)OC(C)(C)C)CC3)c(N2CCSCC2)c1. The zero-order chi connectivity index (χ0) is 45.9. The molecule has 2 aromatic rings. The van der Waals surface area contributed by atoms with Gasteiger partial charge in [0.05, 0.1) is 11.5 Å². The molecule has 0 N–H and O–H groups in total. The van der Waals surface area contributed by atoms with E-state index in [1.165, 1.54) is 64.4 Å². The molecule has 0 saturated carbocycles. The molecule has 2 spiro atoms. The van der Waals surface area contributed by atoms with E-state index in [2.05, 4.69) is 81.6 Å². The van der Waals surface area contributed by atoms with Crippen molar-refractivity contribution in [3.8, 4) is 0 Å². The molecule has 0 unspecified atom stereocenters. The van der Waals surface area contributed by atoms with Crippen molar-refractivity contribution in [2.24, 2.45) is 0 Å². The summed E-state index contributed by atoms with van der Waals surface area (Å²) in [4.78, 5) is 39.0. The van der Waals surface area contributed by atoms with Gasteiger partial charge in [-0.25, -0.2) is 18.0 Å². The van der Waals surface area contributed by atoms with Crippen LogP contribution in [0.2, 0.25) is 0 Å². The number of ether oxygens (including phenoxy) is 2. The smallest absolute Gasteiger partial charge is 0.410 e. The maximum atomic E-state index is 12.5. The van der Waals surface area contributed by atoms with Crippen LogP contribution in [-0.2, 0) is 32.4 Å². The molecule has 6 heterocycles. The Morgan fingerprint density at radius 2 is 0.969 bits per heavy atom. The number of nitrogens with zero attached hydrogens (tertiary/aromatic N) is 6. The van der Waals surface area contributed by atoms with Crippen LogP contribution in [-0.4, -0.2) is 151 Å². The maximum Gasteiger partial charge on any atom is 0.410 e. The molecule has 356 valence electrons. The standard InChI is InChI=1S/C25H39N3O4S.C25H39N3O2S/c1-20-6-7-21(22(18-20)26-14-16-33(30,31)17-15-26)19-28-11-5-8-25(28)9-12-27(13-10-25)23(29)32-24(2,3)4;1-20-6-7-21(22(18-20)26-14-16-31-17-15-26)19-28-11-5-8-25(28)9-12-27(13-10-25)23(29)30-24(2,3)4/h6-7,18H,5,8-17,19H2,1-4H3;6-7,18H,5,8-17,19H2,1-4H3. The lowest BCUT2D eigenvalue weighted by Gasteiger charge is -2.45. The lowest BCUT2D eigenvalue weighted by Crippen LogP contribution is -2.53. The summed E-state index contributed by atoms with van der Waals surface area (Å²) in [5.74, 6) is 2.91. The minimum absolute atomic E-state index is 0.131. The second kappa shape index (κ2) is 20.0. The number of anilines is 2. The Labute approximate surface area is 389 Å². The third kappa shape index (κ3) is 12.2. The van der Waals surface area contributed by atoms with E-state index >= 15 is 0 Å². The predicted octanol–water partition coefficient (Wildman–Crippen LogP) is 8.51. The van der Waals surface area contributed by atoms with Crippen LogP contribution in [0.1, 0.15) is 115 Å². The van der Waals surface area contributed by atoms with Gasteiger partial charge in [0.1, 0.15) is 11.2 Å². The quantitative estimate of drug-likeness (QED) is 0.279. The van der Waals surface area contributed by atoms with Crippen LogP contribution in [0.4, 0.5) is 21.0 Å². The normalized spacial score (nSPS) is 22.7. The van der Waals surface area contributed by atoms with Gasteiger partial charge in [-0.2, -0.15) is 11.8 Å². The topological polar surface area (TPSA) is 106 Å². The number of hydrogen-bond acceptors (Lipinski definition) is 11. The first kappa shape index (κ1) is 48.7. The van der Waals surface area contributed by atoms with E-state index in [0.29, 0.717) is 13.1 Å². The van der Waals surface area contributed by atoms with E-state index < -0.39 is 21.0 Å². The highest BCUT2D eigenvalue weighted by Crippen LogP contribution is 2.42. The lowest BCUT2D eigenvalue weighted by molar-refractivity contribution is 0.000741. The molecule has 2 amide bonds. The molecule has 0 aliphatic carbocycles. The summed E-state index contributed by atoms with van der Waals surface area (Å²) in [6, 6.07) is 13.6. The molecule has 8 rings (SSSR count). The molecule has 6 fully saturated rings. The van der Waals surface area contributed by atoms with Crippen molar-refractivity contribution in [2.45, 2.75) is 142 Å². The molecule has 6 saturated heterocycles. The van der Waals surface area contributed by atoms with Crippen LogP contribution in [0, 0.1) is 13.8 Å². The zero-order valence-electron chi connectivity index (χ0n) is 40.4. The first-order valence-corrected chi connectivity index (χ1v) is 27.1. The number of aryl methyl sites for hydroxylation is 2. The number of sulfone groups is 1. The highest BCUT2D eigenvalue weighted by Gasteiger charge is 2.46. The van der Waals surface area contributed by atoms with Crippen LogP contribution < -0.4 is 9.80 Å². The Bertz CT molecular complexity index is 2030. The van der Waals surface area contributed by atoms with Crippen molar-refractivity contribution < 1.29 is 27.5 Å². The fourth-order valence-corrected chi connectivity index (χ4v) is 13.0. The zero-order valence-corrected chi connectivity index (χ0v) is 42.0. The average Bonchev–Trinajstić information content (AvgIpc) is 3.80. The summed E-state index contributed by atoms with van der Waals surface area (Å²) < 4.78 is 35.1. The second-order valence-corrected chi connectivity index (χ2v) is 25.0. The minimum atomic E-state index is -2.91. The number of amides is 2. The van der Waals surface area contributed by atoms with Gasteiger partial charge >= 0.3 is 12.2 Å². The summed E-state index contributed by atoms with van der Waals surface area (Å²) in [6.07, 6.45) is 8.52. The number of carbonyl (C=O) groups excluding carboxylic acids is 2. The Morgan fingerprint density at radius 1 is 0.578 bits per heavy atom. The van der Waals surface area contributed by atoms with Gasteiger partial charge in [-0.15, -0.1) is 0 Å². The predicted molar refractivity (Wildman–Crippen MR) is 262 cm³/mol. The van der Waals surface area contributed by atoms with E-state index in [4.69, 9.17) is 9.47 Å². The van der Waals surface area contributed by atoms with Crippen molar-refractivity contribution in [1.29, 1.82) is 0 Å². The van der Waals surface area contributed by atoms with Gasteiger partial charge in [-0.1, -0.05) is 24.3 Å². The van der Waals surface area contributed by atoms with E-state index in [-0.39, 0.29) is 34.8 Å². The third-order valence-electron chi connectivity index (χ3n) is 14.4. The fourth-order valence-electron chi connectivity index (χ4n) is 10.9. The lowest BCUT2D eigenvalue weighted by atomic mass is 9.84. The van der Waals surface area contributed by atoms with Gasteiger partial charge in [0.2, 0.25) is 0 Å². The Morgan fingerprint density at radius 3 is 1.36 bits per heavy atom. The first-order valence-electron chi connectivity index (χ1n) is 24.2. The second-order valence-electron chi connectivity index (χ2n) is 21.4. The number of benzene rings is 2. The van der Waals surface area contributed by atoms with Crippen LogP contribution in [0.15, 0.2) is 36.4 Å². The molecule has 12 nitrogen and oxygen atoms in total. The summed E-state index contributed by atoms with van der Waals surface area (Å²) in [6.45, 7) is 26.5. The molecular formula is C50H78N6O6S2. The van der Waals surface area contributed by atoms with Crippen molar-refractivity contribution in [3.63, 3.8) is 0 Å². The molecule has 64 heavy (non-hydrogen) atoms. The molecule has 0 bridgehead atoms. The van der Waals surface area contributed by atoms with Crippen LogP contribution in [0.25, 0.3) is 0 Å². The molecule has 0 radical (unpaired) electrons. The van der Waals surface area contributed by atoms with Gasteiger partial charge in [-0.05, 0) is 154 Å². The highest BCUT2D eigenvalue weighted by molar-refractivity contribution is 7.99. The largest absolute Gasteiger partial charge is 0.444 e. The van der Waals surface area contributed by atoms with Gasteiger partial charge in [0, 0.05) is 99.4 Å². The van der Waals surface area contributed by atoms with Crippen molar-refractivity contribution in [1.82, 2.24) is 19.6 Å². The number of likely N-dealkylation sites (tertiary alicyclic amines) is 4. The molecule has 6 aliphatic heterocycles. The summed E-state index contributed by atoms with van der Waals surface area (Å²) in [7, 11) is -2.91. The number of rotatable bonds is 6. The van der Waals surface area contributed by atoms with Gasteiger partial charge in [0.15, 0.2) is 9.84 Å². The number of hydrogen-bond donors (Lipinski definition) is 0. The van der Waals surface area contributed by atoms with E-state index in [0.717, 1.165) is 97.6 Å². The fraction of sp³-hybridized carbons (Fsp3) is 0.720. The molecule has 0 atom stereocenters. The van der Waals surface area contributed by atoms with E-state index in [1.807, 2.05) is 51.3 Å². The average molecular weight is 923 g/mol. The molecule has 0 aromatic heterocycles. The van der Waals surface area contributed by atoms with Crippen LogP contribution in [0.3, 0.4) is 0 Å². The van der Waals surface area contributed by atoms with Gasteiger partial charge in [0.25, 0.3) is 0 Å². The molecule has 6 aliphatic rings. The Hall–Kier alpha value is -3.20. The van der Waals surface area contributed by atoms with E-state index in [9.17, 15) is 18.0 Å². The van der Waals surface area contributed by atoms with Crippen LogP contribution in [0.5, 0.6) is 0 Å². The highest BCUT2D eigenvalue weighted by atomic mass is 32.2. The van der Waals surface area contributed by atoms with Crippen molar-refractivity contribution >= 4 is 45.2 Å². The number of piperidine rings is 2. The third-order valence-corrected chi connectivity index (χ3v) is 17.0. The summed E-state index contributed by atoms with van der Waals surface area (Å²) in [5.41, 5.74) is 7.37. The summed E-state index contributed by atoms with van der Waals surface area (Å²) >= 11 is 2.07. The van der Waals surface area contributed by atoms with Crippen molar-refractivity contribution in [2.75, 3.05) is 98.3 Å². The minimum Gasteiger partial charge on any atom is -0.444 e. The first-order chi connectivity index (χ1) is 30.2. The van der Waals surface area contributed by atoms with E-state index in [1.54, 1.807) is 0 Å². The van der Waals surface area contributed by atoms with Crippen LogP contribution >= 0.6 is 11.8 Å². The monoisotopic (exact) mass is 923 g/mol. The van der Waals surface area contributed by atoms with Gasteiger partial charge in [-0.3, -0.25) is 9.80 Å². The number of thioether (sulfide) groups is 1. The Balaban J connectivity index is 0.000000192. The molecule has 14 heteroatoms. The Kier molecular flexibility index (Phi) is 15.2. The maximum absolute atomic E-state index is 12.5. The molecule has 2 aromatic carbocycles. The molecular weight excluding hydrogens is 845 g/mol. The van der Waals surface area contributed by atoms with Gasteiger partial charge < -0.3 is 29.1 Å². The summed E-state index contributed by atoms with van der Waals surface area (Å²) in [5, 5.41) is 0. The number of carbonyl (C=O) groups is 2.